The molecule has 0 aliphatic heterocycles. The highest BCUT2D eigenvalue weighted by molar-refractivity contribution is 5.88. The molecule has 0 spiro atoms. The average Bonchev–Trinajstić information content (AvgIpc) is 1.87. The number of nitrogens with zero attached hydrogens (tertiary/aromatic N) is 1. The Morgan fingerprint density at radius 3 is 2.55 bits per heavy atom. The van der Waals surface area contributed by atoms with E-state index in [0.717, 1.165) is 25.7 Å². The van der Waals surface area contributed by atoms with Crippen molar-refractivity contribution in [3.8, 4) is 6.07 Å². The molecule has 2 heteroatoms. The molecule has 0 aromatic carbocycles. The van der Waals surface area contributed by atoms with Crippen molar-refractivity contribution in [3.05, 3.63) is 0 Å². The van der Waals surface area contributed by atoms with E-state index in [0.29, 0.717) is 6.42 Å². The van der Waals surface area contributed by atoms with E-state index in [1.165, 1.54) is 0 Å². The van der Waals surface area contributed by atoms with Gasteiger partial charge in [-0.25, -0.2) is 0 Å². The third-order valence-electron chi connectivity index (χ3n) is 2.43. The fraction of sp³-hybridized carbons (Fsp3) is 0.778. The van der Waals surface area contributed by atoms with E-state index in [1.54, 1.807) is 0 Å². The Labute approximate surface area is 67.2 Å². The van der Waals surface area contributed by atoms with Gasteiger partial charge in [0.1, 0.15) is 5.41 Å². The fourth-order valence-corrected chi connectivity index (χ4v) is 1.45. The van der Waals surface area contributed by atoms with Crippen LogP contribution in [-0.4, -0.2) is 5.78 Å². The molecule has 11 heavy (non-hydrogen) atoms. The zero-order valence-corrected chi connectivity index (χ0v) is 6.89. The molecular weight excluding hydrogens is 138 g/mol. The summed E-state index contributed by atoms with van der Waals surface area (Å²) in [5.74, 6) is 0.161. The predicted octanol–water partition coefficient (Wildman–Crippen LogP) is 2.05. The van der Waals surface area contributed by atoms with E-state index >= 15 is 0 Å². The second-order valence-corrected chi connectivity index (χ2v) is 3.22. The van der Waals surface area contributed by atoms with Crippen LogP contribution in [0.25, 0.3) is 0 Å². The highest BCUT2D eigenvalue weighted by Crippen LogP contribution is 2.41. The van der Waals surface area contributed by atoms with Gasteiger partial charge in [-0.1, -0.05) is 6.92 Å². The molecule has 1 rings (SSSR count). The minimum atomic E-state index is -0.560. The summed E-state index contributed by atoms with van der Waals surface area (Å²) >= 11 is 0. The number of rotatable bonds is 3. The van der Waals surface area contributed by atoms with E-state index in [-0.39, 0.29) is 5.78 Å². The number of carbonyl (C=O) groups excluding carboxylic acids is 1. The summed E-state index contributed by atoms with van der Waals surface area (Å²) in [6.07, 6.45) is 4.07. The maximum atomic E-state index is 11.4. The molecule has 0 N–H and O–H groups in total. The van der Waals surface area contributed by atoms with Gasteiger partial charge < -0.3 is 0 Å². The third-order valence-corrected chi connectivity index (χ3v) is 2.43. The van der Waals surface area contributed by atoms with Crippen LogP contribution in [0.5, 0.6) is 0 Å². The smallest absolute Gasteiger partial charge is 0.153 e. The van der Waals surface area contributed by atoms with Crippen LogP contribution in [0.3, 0.4) is 0 Å². The quantitative estimate of drug-likeness (QED) is 0.619. The number of Topliss-reactive ketones (excluding diaryl/α,β-unsaturated/α-hetero) is 1. The largest absolute Gasteiger partial charge is 0.298 e. The van der Waals surface area contributed by atoms with Gasteiger partial charge in [-0.15, -0.1) is 0 Å². The first-order chi connectivity index (χ1) is 5.25. The van der Waals surface area contributed by atoms with E-state index in [1.807, 2.05) is 6.92 Å². The van der Waals surface area contributed by atoms with E-state index in [2.05, 4.69) is 6.07 Å². The first kappa shape index (κ1) is 8.26. The Kier molecular flexibility index (Phi) is 2.28. The lowest BCUT2D eigenvalue weighted by Crippen LogP contribution is -2.36. The molecule has 1 aliphatic carbocycles. The van der Waals surface area contributed by atoms with Gasteiger partial charge in [0, 0.05) is 6.42 Å². The van der Waals surface area contributed by atoms with Crippen molar-refractivity contribution < 1.29 is 4.79 Å². The molecule has 0 radical (unpaired) electrons. The second-order valence-electron chi connectivity index (χ2n) is 3.22. The SMILES string of the molecule is CCCC(=O)C1(C#N)CCC1. The van der Waals surface area contributed by atoms with Crippen molar-refractivity contribution >= 4 is 5.78 Å². The zero-order chi connectivity index (χ0) is 8.32. The lowest BCUT2D eigenvalue weighted by molar-refractivity contribution is -0.129. The summed E-state index contributed by atoms with van der Waals surface area (Å²) < 4.78 is 0. The molecule has 0 amide bonds. The van der Waals surface area contributed by atoms with Crippen molar-refractivity contribution in [1.29, 1.82) is 5.26 Å². The maximum Gasteiger partial charge on any atom is 0.153 e. The first-order valence-corrected chi connectivity index (χ1v) is 4.20. The molecule has 0 bridgehead atoms. The minimum Gasteiger partial charge on any atom is -0.298 e. The van der Waals surface area contributed by atoms with E-state index in [4.69, 9.17) is 5.26 Å². The Bertz CT molecular complexity index is 198. The Balaban J connectivity index is 2.57. The van der Waals surface area contributed by atoms with Crippen LogP contribution < -0.4 is 0 Å². The summed E-state index contributed by atoms with van der Waals surface area (Å²) in [7, 11) is 0. The number of hydrogen-bond donors (Lipinski definition) is 0. The topological polar surface area (TPSA) is 40.9 Å². The fourth-order valence-electron chi connectivity index (χ4n) is 1.45. The summed E-state index contributed by atoms with van der Waals surface area (Å²) in [5, 5.41) is 8.76. The van der Waals surface area contributed by atoms with Crippen molar-refractivity contribution in [3.63, 3.8) is 0 Å². The molecule has 1 aliphatic rings. The van der Waals surface area contributed by atoms with Gasteiger partial charge in [-0.3, -0.25) is 4.79 Å². The van der Waals surface area contributed by atoms with E-state index < -0.39 is 5.41 Å². The van der Waals surface area contributed by atoms with Gasteiger partial charge in [-0.05, 0) is 25.7 Å². The Morgan fingerprint density at radius 1 is 1.64 bits per heavy atom. The van der Waals surface area contributed by atoms with Gasteiger partial charge in [-0.2, -0.15) is 5.26 Å². The highest BCUT2D eigenvalue weighted by Gasteiger charge is 2.43. The lowest BCUT2D eigenvalue weighted by atomic mass is 9.66. The molecular formula is C9H13NO. The number of nitriles is 1. The Hall–Kier alpha value is -0.840. The van der Waals surface area contributed by atoms with Gasteiger partial charge in [0.25, 0.3) is 0 Å². The molecule has 2 nitrogen and oxygen atoms in total. The van der Waals surface area contributed by atoms with Crippen molar-refractivity contribution in [2.24, 2.45) is 5.41 Å². The monoisotopic (exact) mass is 151 g/mol. The van der Waals surface area contributed by atoms with Gasteiger partial charge >= 0.3 is 0 Å². The minimum absolute atomic E-state index is 0.161. The van der Waals surface area contributed by atoms with Crippen molar-refractivity contribution in [1.82, 2.24) is 0 Å². The molecule has 0 unspecified atom stereocenters. The van der Waals surface area contributed by atoms with Crippen LogP contribution in [0.4, 0.5) is 0 Å². The number of carbonyl (C=O) groups is 1. The maximum absolute atomic E-state index is 11.4. The summed E-state index contributed by atoms with van der Waals surface area (Å²) in [5.41, 5.74) is -0.560. The third kappa shape index (κ3) is 1.28. The van der Waals surface area contributed by atoms with Crippen LogP contribution in [0.1, 0.15) is 39.0 Å². The van der Waals surface area contributed by atoms with Crippen LogP contribution in [0.15, 0.2) is 0 Å². The summed E-state index contributed by atoms with van der Waals surface area (Å²) in [6.45, 7) is 1.97. The lowest BCUT2D eigenvalue weighted by Gasteiger charge is -2.33. The highest BCUT2D eigenvalue weighted by atomic mass is 16.1. The molecule has 1 fully saturated rings. The van der Waals surface area contributed by atoms with Crippen LogP contribution >= 0.6 is 0 Å². The van der Waals surface area contributed by atoms with Crippen LogP contribution in [0.2, 0.25) is 0 Å². The Morgan fingerprint density at radius 2 is 2.27 bits per heavy atom. The average molecular weight is 151 g/mol. The molecule has 60 valence electrons. The number of ketones is 1. The number of hydrogen-bond acceptors (Lipinski definition) is 2. The first-order valence-electron chi connectivity index (χ1n) is 4.20. The zero-order valence-electron chi connectivity index (χ0n) is 6.89. The molecule has 0 atom stereocenters. The standard InChI is InChI=1S/C9H13NO/c1-2-4-8(11)9(7-10)5-3-6-9/h2-6H2,1H3. The van der Waals surface area contributed by atoms with Gasteiger partial charge in [0.15, 0.2) is 5.78 Å². The van der Waals surface area contributed by atoms with Crippen LogP contribution in [0, 0.1) is 16.7 Å². The van der Waals surface area contributed by atoms with Crippen LogP contribution in [-0.2, 0) is 4.79 Å². The summed E-state index contributed by atoms with van der Waals surface area (Å²) in [4.78, 5) is 11.4. The molecule has 0 saturated heterocycles. The molecule has 0 aromatic rings. The molecule has 1 saturated carbocycles. The van der Waals surface area contributed by atoms with Crippen molar-refractivity contribution in [2.75, 3.05) is 0 Å². The normalized spacial score (nSPS) is 20.0. The molecule has 0 heterocycles. The summed E-state index contributed by atoms with van der Waals surface area (Å²) in [6, 6.07) is 2.15. The predicted molar refractivity (Wildman–Crippen MR) is 41.8 cm³/mol. The van der Waals surface area contributed by atoms with Crippen molar-refractivity contribution in [2.45, 2.75) is 39.0 Å². The van der Waals surface area contributed by atoms with Gasteiger partial charge in [0.05, 0.1) is 6.07 Å². The van der Waals surface area contributed by atoms with E-state index in [9.17, 15) is 4.79 Å². The van der Waals surface area contributed by atoms with Gasteiger partial charge in [0.2, 0.25) is 0 Å². The molecule has 0 aromatic heterocycles. The second kappa shape index (κ2) is 3.04.